The Balaban J connectivity index is 1.63. The van der Waals surface area contributed by atoms with E-state index in [9.17, 15) is 14.4 Å². The number of benzene rings is 1. The van der Waals surface area contributed by atoms with Crippen LogP contribution in [0.2, 0.25) is 0 Å². The summed E-state index contributed by atoms with van der Waals surface area (Å²) in [4.78, 5) is 37.6. The molecule has 0 radical (unpaired) electrons. The maximum atomic E-state index is 12.6. The van der Waals surface area contributed by atoms with E-state index in [4.69, 9.17) is 9.47 Å². The second-order valence-corrected chi connectivity index (χ2v) is 7.30. The normalized spacial score (nSPS) is 12.2. The second-order valence-electron chi connectivity index (χ2n) is 6.20. The van der Waals surface area contributed by atoms with E-state index in [2.05, 4.69) is 10.6 Å². The van der Waals surface area contributed by atoms with Gasteiger partial charge in [-0.25, -0.2) is 4.79 Å². The van der Waals surface area contributed by atoms with Gasteiger partial charge in [-0.3, -0.25) is 14.9 Å². The van der Waals surface area contributed by atoms with Crippen molar-refractivity contribution in [3.63, 3.8) is 0 Å². The highest BCUT2D eigenvalue weighted by Gasteiger charge is 2.28. The number of carbonyl (C=O) groups is 3. The number of fused-ring (bicyclic) bond motifs is 1. The molecule has 0 unspecified atom stereocenters. The van der Waals surface area contributed by atoms with Crippen molar-refractivity contribution in [2.45, 2.75) is 32.6 Å². The van der Waals surface area contributed by atoms with E-state index in [0.29, 0.717) is 16.3 Å². The smallest absolute Gasteiger partial charge is 0.414 e. The van der Waals surface area contributed by atoms with Gasteiger partial charge in [-0.2, -0.15) is 0 Å². The van der Waals surface area contributed by atoms with E-state index < -0.39 is 12.0 Å². The van der Waals surface area contributed by atoms with Gasteiger partial charge in [0.05, 0.1) is 25.2 Å². The van der Waals surface area contributed by atoms with Gasteiger partial charge in [0, 0.05) is 4.88 Å². The largest absolute Gasteiger partial charge is 0.493 e. The van der Waals surface area contributed by atoms with Crippen LogP contribution in [0.4, 0.5) is 9.80 Å². The number of hydrogen-bond acceptors (Lipinski definition) is 6. The first-order valence-corrected chi connectivity index (χ1v) is 10.0. The van der Waals surface area contributed by atoms with Gasteiger partial charge in [0.2, 0.25) is 5.91 Å². The van der Waals surface area contributed by atoms with Crippen LogP contribution in [0, 0.1) is 0 Å². The number of amides is 3. The molecule has 2 aromatic rings. The fraction of sp³-hybridized carbons (Fsp3) is 0.350. The van der Waals surface area contributed by atoms with Crippen molar-refractivity contribution in [2.75, 3.05) is 18.5 Å². The minimum Gasteiger partial charge on any atom is -0.493 e. The van der Waals surface area contributed by atoms with Gasteiger partial charge in [0.25, 0.3) is 5.91 Å². The monoisotopic (exact) mass is 402 g/mol. The quantitative estimate of drug-likeness (QED) is 0.739. The van der Waals surface area contributed by atoms with E-state index in [1.807, 2.05) is 30.3 Å². The van der Waals surface area contributed by atoms with Crippen LogP contribution in [0.25, 0.3) is 0 Å². The Morgan fingerprint density at radius 2 is 1.93 bits per heavy atom. The molecule has 0 fully saturated rings. The van der Waals surface area contributed by atoms with Crippen molar-refractivity contribution in [1.82, 2.24) is 5.32 Å². The molecule has 1 aliphatic rings. The molecule has 8 heteroatoms. The first kappa shape index (κ1) is 19.9. The van der Waals surface area contributed by atoms with Crippen LogP contribution in [0.1, 0.15) is 40.6 Å². The van der Waals surface area contributed by atoms with Crippen LogP contribution in [0.5, 0.6) is 5.75 Å². The predicted octanol–water partition coefficient (Wildman–Crippen LogP) is 3.53. The summed E-state index contributed by atoms with van der Waals surface area (Å²) in [6.07, 6.45) is 1.94. The molecule has 3 amide bonds. The number of aryl methyl sites for hydroxylation is 1. The van der Waals surface area contributed by atoms with Gasteiger partial charge in [-0.15, -0.1) is 11.3 Å². The first-order valence-electron chi connectivity index (χ1n) is 9.18. The zero-order valence-corrected chi connectivity index (χ0v) is 16.4. The number of carbonyl (C=O) groups excluding carboxylic acids is 3. The third kappa shape index (κ3) is 4.89. The highest BCUT2D eigenvalue weighted by Crippen LogP contribution is 2.39. The summed E-state index contributed by atoms with van der Waals surface area (Å²) in [5.74, 6) is -0.102. The van der Waals surface area contributed by atoms with Gasteiger partial charge in [-0.1, -0.05) is 18.2 Å². The average molecular weight is 402 g/mol. The number of nitrogens with one attached hydrogen (secondary N) is 2. The summed E-state index contributed by atoms with van der Waals surface area (Å²) in [7, 11) is 0. The van der Waals surface area contributed by atoms with Gasteiger partial charge < -0.3 is 14.8 Å². The van der Waals surface area contributed by atoms with Crippen LogP contribution in [-0.4, -0.2) is 31.1 Å². The maximum Gasteiger partial charge on any atom is 0.414 e. The average Bonchev–Trinajstić information content (AvgIpc) is 3.23. The molecule has 1 aromatic heterocycles. The second kappa shape index (κ2) is 9.36. The third-order valence-electron chi connectivity index (χ3n) is 4.23. The van der Waals surface area contributed by atoms with E-state index in [1.54, 1.807) is 6.92 Å². The zero-order chi connectivity index (χ0) is 19.9. The molecule has 0 saturated heterocycles. The minimum absolute atomic E-state index is 0.149. The Morgan fingerprint density at radius 3 is 2.68 bits per heavy atom. The fourth-order valence-electron chi connectivity index (χ4n) is 3.02. The Labute approximate surface area is 167 Å². The van der Waals surface area contributed by atoms with Gasteiger partial charge in [-0.05, 0) is 43.9 Å². The van der Waals surface area contributed by atoms with Crippen molar-refractivity contribution in [2.24, 2.45) is 0 Å². The van der Waals surface area contributed by atoms with E-state index >= 15 is 0 Å². The number of para-hydroxylation sites is 1. The number of ether oxygens (including phenoxy) is 2. The van der Waals surface area contributed by atoms with Crippen LogP contribution in [0.3, 0.4) is 0 Å². The topological polar surface area (TPSA) is 93.7 Å². The molecule has 1 aliphatic carbocycles. The number of hydrogen-bond donors (Lipinski definition) is 2. The molecule has 148 valence electrons. The Hall–Kier alpha value is -2.87. The molecule has 1 aromatic carbocycles. The fourth-order valence-corrected chi connectivity index (χ4v) is 4.33. The number of rotatable bonds is 7. The molecule has 0 aliphatic heterocycles. The first-order chi connectivity index (χ1) is 13.6. The Morgan fingerprint density at radius 1 is 1.14 bits per heavy atom. The highest BCUT2D eigenvalue weighted by molar-refractivity contribution is 7.17. The molecule has 0 spiro atoms. The summed E-state index contributed by atoms with van der Waals surface area (Å²) in [5.41, 5.74) is 1.27. The summed E-state index contributed by atoms with van der Waals surface area (Å²) in [5, 5.41) is 5.49. The highest BCUT2D eigenvalue weighted by atomic mass is 32.1. The summed E-state index contributed by atoms with van der Waals surface area (Å²) < 4.78 is 10.3. The Kier molecular flexibility index (Phi) is 6.65. The molecular formula is C20H22N2O5S. The number of thiophene rings is 1. The molecule has 0 bridgehead atoms. The number of imide groups is 1. The molecular weight excluding hydrogens is 380 g/mol. The number of anilines is 1. The van der Waals surface area contributed by atoms with Crippen molar-refractivity contribution in [3.8, 4) is 5.75 Å². The number of alkyl carbamates (subject to hydrolysis) is 1. The van der Waals surface area contributed by atoms with Crippen molar-refractivity contribution < 1.29 is 23.9 Å². The van der Waals surface area contributed by atoms with Crippen molar-refractivity contribution >= 4 is 34.2 Å². The van der Waals surface area contributed by atoms with Crippen LogP contribution in [0.15, 0.2) is 30.3 Å². The lowest BCUT2D eigenvalue weighted by Gasteiger charge is -2.09. The molecule has 1 heterocycles. The van der Waals surface area contributed by atoms with Crippen molar-refractivity contribution in [1.29, 1.82) is 0 Å². The van der Waals surface area contributed by atoms with E-state index in [-0.39, 0.29) is 25.5 Å². The lowest BCUT2D eigenvalue weighted by molar-refractivity contribution is -0.116. The van der Waals surface area contributed by atoms with E-state index in [1.165, 1.54) is 11.3 Å². The maximum absolute atomic E-state index is 12.6. The van der Waals surface area contributed by atoms with E-state index in [0.717, 1.165) is 29.7 Å². The lowest BCUT2D eigenvalue weighted by Crippen LogP contribution is -2.32. The summed E-state index contributed by atoms with van der Waals surface area (Å²) in [6, 6.07) is 9.24. The lowest BCUT2D eigenvalue weighted by atomic mass is 10.1. The molecule has 0 atom stereocenters. The van der Waals surface area contributed by atoms with Gasteiger partial charge in [0.15, 0.2) is 0 Å². The third-order valence-corrected chi connectivity index (χ3v) is 5.44. The predicted molar refractivity (Wildman–Crippen MR) is 106 cm³/mol. The molecule has 3 rings (SSSR count). The Bertz CT molecular complexity index is 863. The molecule has 0 saturated carbocycles. The van der Waals surface area contributed by atoms with Crippen molar-refractivity contribution in [3.05, 3.63) is 46.3 Å². The van der Waals surface area contributed by atoms with Gasteiger partial charge >= 0.3 is 6.09 Å². The SMILES string of the molecule is CCOC(=O)NC(=O)c1c(NC(=O)CCOc2ccccc2)sc2c1CCC2. The summed E-state index contributed by atoms with van der Waals surface area (Å²) in [6.45, 7) is 2.06. The summed E-state index contributed by atoms with van der Waals surface area (Å²) >= 11 is 1.39. The minimum atomic E-state index is -0.793. The molecule has 28 heavy (non-hydrogen) atoms. The van der Waals surface area contributed by atoms with Gasteiger partial charge in [0.1, 0.15) is 10.8 Å². The van der Waals surface area contributed by atoms with Crippen LogP contribution in [-0.2, 0) is 22.4 Å². The standard InChI is InChI=1S/C20H22N2O5S/c1-2-26-20(25)22-18(24)17-14-9-6-10-15(14)28-19(17)21-16(23)11-12-27-13-7-4-3-5-8-13/h3-5,7-8H,2,6,9-12H2,1H3,(H,21,23)(H,22,24,25). The molecule has 7 nitrogen and oxygen atoms in total. The molecule has 2 N–H and O–H groups in total. The van der Waals surface area contributed by atoms with Crippen LogP contribution >= 0.6 is 11.3 Å². The van der Waals surface area contributed by atoms with Crippen LogP contribution < -0.4 is 15.4 Å². The zero-order valence-electron chi connectivity index (χ0n) is 15.6.